The fraction of sp³-hybridized carbons (Fsp3) is 0.400. The van der Waals surface area contributed by atoms with Crippen LogP contribution in [0.15, 0.2) is 40.7 Å². The minimum absolute atomic E-state index is 0.0754. The number of aliphatic imine (C=N–C) groups is 1. The molecule has 2 aromatic rings. The molecule has 0 bridgehead atoms. The number of likely N-dealkylation sites (N-methyl/N-ethyl adjacent to an activating group) is 1. The molecule has 0 fully saturated rings. The molecule has 0 aliphatic rings. The summed E-state index contributed by atoms with van der Waals surface area (Å²) >= 11 is 1.67. The topological polar surface area (TPSA) is 66.0 Å². The van der Waals surface area contributed by atoms with Crippen molar-refractivity contribution in [3.63, 3.8) is 0 Å². The van der Waals surface area contributed by atoms with Gasteiger partial charge >= 0.3 is 6.61 Å². The highest BCUT2D eigenvalue weighted by Gasteiger charge is 2.11. The second-order valence-corrected chi connectivity index (χ2v) is 7.58. The van der Waals surface area contributed by atoms with Gasteiger partial charge < -0.3 is 20.3 Å². The van der Waals surface area contributed by atoms with Crippen molar-refractivity contribution in [2.24, 2.45) is 4.99 Å². The largest absolute Gasteiger partial charge is 0.434 e. The minimum Gasteiger partial charge on any atom is -0.434 e. The van der Waals surface area contributed by atoms with E-state index in [2.05, 4.69) is 20.4 Å². The number of thiophene rings is 1. The van der Waals surface area contributed by atoms with Crippen molar-refractivity contribution >= 4 is 23.2 Å². The van der Waals surface area contributed by atoms with Crippen molar-refractivity contribution < 1.29 is 18.3 Å². The molecule has 2 rings (SSSR count). The molecule has 29 heavy (non-hydrogen) atoms. The molecule has 158 valence electrons. The van der Waals surface area contributed by atoms with Crippen LogP contribution in [0.1, 0.15) is 16.0 Å². The van der Waals surface area contributed by atoms with Crippen molar-refractivity contribution in [3.8, 4) is 5.75 Å². The van der Waals surface area contributed by atoms with E-state index < -0.39 is 6.61 Å². The van der Waals surface area contributed by atoms with E-state index in [4.69, 9.17) is 0 Å². The number of aryl methyl sites for hydroxylation is 1. The van der Waals surface area contributed by atoms with Gasteiger partial charge in [-0.15, -0.1) is 11.3 Å². The number of hydrogen-bond donors (Lipinski definition) is 2. The van der Waals surface area contributed by atoms with Crippen LogP contribution >= 0.6 is 11.3 Å². The number of hydrogen-bond acceptors (Lipinski definition) is 4. The Bertz CT molecular complexity index is 811. The van der Waals surface area contributed by atoms with Crippen LogP contribution in [0.25, 0.3) is 0 Å². The third kappa shape index (κ3) is 8.06. The van der Waals surface area contributed by atoms with Crippen molar-refractivity contribution in [3.05, 3.63) is 51.7 Å². The second-order valence-electron chi connectivity index (χ2n) is 6.55. The van der Waals surface area contributed by atoms with Crippen LogP contribution in [-0.2, 0) is 17.8 Å². The molecule has 0 saturated carbocycles. The van der Waals surface area contributed by atoms with Gasteiger partial charge in [0.15, 0.2) is 5.96 Å². The Morgan fingerprint density at radius 3 is 2.72 bits per heavy atom. The molecule has 0 unspecified atom stereocenters. The van der Waals surface area contributed by atoms with Crippen molar-refractivity contribution in [1.82, 2.24) is 15.5 Å². The number of guanidine groups is 1. The number of ether oxygens (including phenoxy) is 1. The van der Waals surface area contributed by atoms with E-state index in [0.717, 1.165) is 12.0 Å². The zero-order chi connectivity index (χ0) is 21.2. The van der Waals surface area contributed by atoms with E-state index in [0.29, 0.717) is 18.1 Å². The zero-order valence-electron chi connectivity index (χ0n) is 16.7. The van der Waals surface area contributed by atoms with Crippen molar-refractivity contribution in [1.29, 1.82) is 0 Å². The minimum atomic E-state index is -2.90. The smallest absolute Gasteiger partial charge is 0.387 e. The molecule has 0 aliphatic heterocycles. The maximum absolute atomic E-state index is 12.7. The number of nitrogens with one attached hydrogen (secondary N) is 2. The standard InChI is InChI=1S/C20H26F2N4O2S/c1-14-6-7-17(28-19(21)22)15(11-14)12-24-20(25-13-18(27)26(2)3)23-9-8-16-5-4-10-29-16/h4-7,10-11,19H,8-9,12-13H2,1-3H3,(H2,23,24,25). The lowest BCUT2D eigenvalue weighted by molar-refractivity contribution is -0.127. The van der Waals surface area contributed by atoms with Gasteiger partial charge in [-0.05, 0) is 30.9 Å². The van der Waals surface area contributed by atoms with Crippen LogP contribution in [-0.4, -0.2) is 50.6 Å². The molecule has 0 atom stereocenters. The lowest BCUT2D eigenvalue weighted by atomic mass is 10.1. The maximum atomic E-state index is 12.7. The first-order valence-corrected chi connectivity index (χ1v) is 10.0. The zero-order valence-corrected chi connectivity index (χ0v) is 17.6. The van der Waals surface area contributed by atoms with Crippen LogP contribution in [0, 0.1) is 6.92 Å². The van der Waals surface area contributed by atoms with Crippen LogP contribution in [0.2, 0.25) is 0 Å². The number of alkyl halides is 2. The van der Waals surface area contributed by atoms with Gasteiger partial charge in [-0.1, -0.05) is 23.8 Å². The molecule has 1 heterocycles. The number of benzene rings is 1. The van der Waals surface area contributed by atoms with E-state index in [1.165, 1.54) is 15.8 Å². The predicted octanol–water partition coefficient (Wildman–Crippen LogP) is 3.02. The van der Waals surface area contributed by atoms with Crippen LogP contribution in [0.4, 0.5) is 8.78 Å². The number of rotatable bonds is 9. The fourth-order valence-electron chi connectivity index (χ4n) is 2.46. The average molecular weight is 425 g/mol. The number of amides is 1. The molecule has 0 aliphatic carbocycles. The SMILES string of the molecule is Cc1ccc(OC(F)F)c(CN=C(NCCc2cccs2)NCC(=O)N(C)C)c1. The number of nitrogens with zero attached hydrogens (tertiary/aromatic N) is 2. The Balaban J connectivity index is 2.08. The van der Waals surface area contributed by atoms with Gasteiger partial charge in [-0.2, -0.15) is 8.78 Å². The summed E-state index contributed by atoms with van der Waals surface area (Å²) in [6, 6.07) is 9.02. The first-order valence-electron chi connectivity index (χ1n) is 9.14. The normalized spacial score (nSPS) is 11.4. The Kier molecular flexibility index (Phi) is 8.85. The summed E-state index contributed by atoms with van der Waals surface area (Å²) in [6.07, 6.45) is 0.810. The van der Waals surface area contributed by atoms with E-state index in [1.54, 1.807) is 37.6 Å². The van der Waals surface area contributed by atoms with Gasteiger partial charge in [0, 0.05) is 31.1 Å². The average Bonchev–Trinajstić information content (AvgIpc) is 3.18. The summed E-state index contributed by atoms with van der Waals surface area (Å²) in [5.74, 6) is 0.424. The van der Waals surface area contributed by atoms with Gasteiger partial charge in [-0.3, -0.25) is 4.79 Å². The van der Waals surface area contributed by atoms with E-state index in [9.17, 15) is 13.6 Å². The summed E-state index contributed by atoms with van der Waals surface area (Å²) < 4.78 is 29.9. The van der Waals surface area contributed by atoms with Gasteiger partial charge in [0.05, 0.1) is 13.1 Å². The van der Waals surface area contributed by atoms with E-state index in [1.807, 2.05) is 24.4 Å². The Labute approximate surface area is 173 Å². The van der Waals surface area contributed by atoms with Crippen molar-refractivity contribution in [2.45, 2.75) is 26.5 Å². The summed E-state index contributed by atoms with van der Waals surface area (Å²) in [4.78, 5) is 19.0. The highest BCUT2D eigenvalue weighted by Crippen LogP contribution is 2.22. The summed E-state index contributed by atoms with van der Waals surface area (Å²) in [5.41, 5.74) is 1.46. The highest BCUT2D eigenvalue weighted by molar-refractivity contribution is 7.09. The Morgan fingerprint density at radius 2 is 2.07 bits per heavy atom. The molecule has 0 radical (unpaired) electrons. The van der Waals surface area contributed by atoms with Gasteiger partial charge in [0.2, 0.25) is 5.91 Å². The molecule has 1 aromatic heterocycles. The number of halogens is 2. The Morgan fingerprint density at radius 1 is 1.28 bits per heavy atom. The monoisotopic (exact) mass is 424 g/mol. The van der Waals surface area contributed by atoms with Gasteiger partial charge in [-0.25, -0.2) is 4.99 Å². The molecular weight excluding hydrogens is 398 g/mol. The van der Waals surface area contributed by atoms with Crippen LogP contribution in [0.5, 0.6) is 5.75 Å². The van der Waals surface area contributed by atoms with Crippen LogP contribution in [0.3, 0.4) is 0 Å². The lowest BCUT2D eigenvalue weighted by Gasteiger charge is -2.15. The molecule has 1 aromatic carbocycles. The van der Waals surface area contributed by atoms with Gasteiger partial charge in [0.25, 0.3) is 0 Å². The van der Waals surface area contributed by atoms with E-state index >= 15 is 0 Å². The highest BCUT2D eigenvalue weighted by atomic mass is 32.1. The van der Waals surface area contributed by atoms with Crippen molar-refractivity contribution in [2.75, 3.05) is 27.2 Å². The number of carbonyl (C=O) groups is 1. The second kappa shape index (κ2) is 11.4. The summed E-state index contributed by atoms with van der Waals surface area (Å²) in [5, 5.41) is 8.19. The molecule has 1 amide bonds. The third-order valence-corrected chi connectivity index (χ3v) is 4.93. The van der Waals surface area contributed by atoms with Crippen LogP contribution < -0.4 is 15.4 Å². The molecule has 2 N–H and O–H groups in total. The quantitative estimate of drug-likeness (QED) is 0.480. The van der Waals surface area contributed by atoms with Gasteiger partial charge in [0.1, 0.15) is 5.75 Å². The molecule has 6 nitrogen and oxygen atoms in total. The Hall–Kier alpha value is -2.68. The molecule has 0 saturated heterocycles. The first-order chi connectivity index (χ1) is 13.8. The summed E-state index contributed by atoms with van der Waals surface area (Å²) in [7, 11) is 3.34. The number of carbonyl (C=O) groups excluding carboxylic acids is 1. The molecule has 9 heteroatoms. The first kappa shape index (κ1) is 22.6. The van der Waals surface area contributed by atoms with E-state index in [-0.39, 0.29) is 24.7 Å². The third-order valence-electron chi connectivity index (χ3n) is 3.99. The maximum Gasteiger partial charge on any atom is 0.387 e. The summed E-state index contributed by atoms with van der Waals surface area (Å²) in [6.45, 7) is -0.204. The molecular formula is C20H26F2N4O2S. The molecule has 0 spiro atoms. The fourth-order valence-corrected chi connectivity index (χ4v) is 3.17. The lowest BCUT2D eigenvalue weighted by Crippen LogP contribution is -2.43. The predicted molar refractivity (Wildman–Crippen MR) is 112 cm³/mol.